The molecule has 1 fully saturated rings. The highest BCUT2D eigenvalue weighted by molar-refractivity contribution is 6.19. The van der Waals surface area contributed by atoms with Crippen molar-refractivity contribution < 1.29 is 27.5 Å². The van der Waals surface area contributed by atoms with Crippen LogP contribution < -0.4 is 9.64 Å². The van der Waals surface area contributed by atoms with Crippen molar-refractivity contribution in [1.29, 1.82) is 0 Å². The first-order valence-corrected chi connectivity index (χ1v) is 8.81. The van der Waals surface area contributed by atoms with Gasteiger partial charge in [0.15, 0.2) is 5.78 Å². The van der Waals surface area contributed by atoms with Gasteiger partial charge >= 0.3 is 6.18 Å². The molecule has 0 aliphatic carbocycles. The van der Waals surface area contributed by atoms with Gasteiger partial charge in [-0.1, -0.05) is 42.0 Å². The first-order valence-electron chi connectivity index (χ1n) is 8.81. The van der Waals surface area contributed by atoms with Gasteiger partial charge in [0.25, 0.3) is 0 Å². The Morgan fingerprint density at radius 1 is 1.14 bits per heavy atom. The van der Waals surface area contributed by atoms with E-state index in [-0.39, 0.29) is 18.5 Å². The van der Waals surface area contributed by atoms with E-state index in [1.807, 2.05) is 6.92 Å². The van der Waals surface area contributed by atoms with Crippen molar-refractivity contribution in [3.8, 4) is 5.75 Å². The Labute approximate surface area is 160 Å². The third-order valence-electron chi connectivity index (χ3n) is 5.04. The van der Waals surface area contributed by atoms with Crippen LogP contribution in [-0.4, -0.2) is 31.5 Å². The van der Waals surface area contributed by atoms with Gasteiger partial charge in [0.2, 0.25) is 5.91 Å². The van der Waals surface area contributed by atoms with Crippen molar-refractivity contribution in [1.82, 2.24) is 0 Å². The quantitative estimate of drug-likeness (QED) is 0.554. The van der Waals surface area contributed by atoms with E-state index >= 15 is 0 Å². The van der Waals surface area contributed by atoms with E-state index in [0.29, 0.717) is 11.4 Å². The predicted molar refractivity (Wildman–Crippen MR) is 98.6 cm³/mol. The highest BCUT2D eigenvalue weighted by atomic mass is 19.4. The van der Waals surface area contributed by atoms with E-state index in [0.717, 1.165) is 5.56 Å². The second-order valence-electron chi connectivity index (χ2n) is 6.95. The molecular weight excluding hydrogens is 371 g/mol. The van der Waals surface area contributed by atoms with E-state index < -0.39 is 29.7 Å². The number of halogens is 3. The van der Waals surface area contributed by atoms with Crippen molar-refractivity contribution in [2.45, 2.75) is 25.9 Å². The number of ketones is 1. The Balaban J connectivity index is 2.05. The molecule has 148 valence electrons. The summed E-state index contributed by atoms with van der Waals surface area (Å²) in [6, 6.07) is 12.8. The normalized spacial score (nSPS) is 19.8. The molecule has 4 nitrogen and oxygen atoms in total. The molecule has 0 N–H and O–H groups in total. The Hall–Kier alpha value is -2.83. The monoisotopic (exact) mass is 391 g/mol. The Morgan fingerprint density at radius 3 is 2.39 bits per heavy atom. The minimum absolute atomic E-state index is 0.00683. The standard InChI is InChI=1S/C21H20F3NO3/c1-14-7-9-15(10-8-14)18(26)20(13-21(22,23)24)11-12-25(19(20)27)16-5-3-4-6-17(16)28-2/h3-10H,11-13H2,1-2H3/t20-/m1/s1. The average Bonchev–Trinajstić information content (AvgIpc) is 2.97. The number of Topliss-reactive ketones (excluding diaryl/α,β-unsaturated/α-hetero) is 1. The van der Waals surface area contributed by atoms with Crippen LogP contribution >= 0.6 is 0 Å². The molecule has 1 heterocycles. The van der Waals surface area contributed by atoms with Crippen molar-refractivity contribution in [3.05, 3.63) is 59.7 Å². The molecule has 7 heteroatoms. The lowest BCUT2D eigenvalue weighted by atomic mass is 9.75. The van der Waals surface area contributed by atoms with E-state index in [1.54, 1.807) is 36.4 Å². The number of aryl methyl sites for hydroxylation is 1. The number of amides is 1. The Kier molecular flexibility index (Phi) is 5.19. The lowest BCUT2D eigenvalue weighted by molar-refractivity contribution is -0.159. The van der Waals surface area contributed by atoms with E-state index in [4.69, 9.17) is 4.74 Å². The number of rotatable bonds is 5. The van der Waals surface area contributed by atoms with Gasteiger partial charge in [-0.25, -0.2) is 0 Å². The van der Waals surface area contributed by atoms with Crippen LogP contribution in [0.5, 0.6) is 5.75 Å². The Bertz CT molecular complexity index is 893. The van der Waals surface area contributed by atoms with Crippen LogP contribution in [0.15, 0.2) is 48.5 Å². The molecule has 1 atom stereocenters. The number of alkyl halides is 3. The lowest BCUT2D eigenvalue weighted by Gasteiger charge is -2.28. The molecule has 0 radical (unpaired) electrons. The number of hydrogen-bond donors (Lipinski definition) is 0. The first-order chi connectivity index (χ1) is 13.2. The lowest BCUT2D eigenvalue weighted by Crippen LogP contribution is -2.44. The number of carbonyl (C=O) groups excluding carboxylic acids is 2. The summed E-state index contributed by atoms with van der Waals surface area (Å²) in [6.45, 7) is 1.82. The molecule has 0 saturated carbocycles. The van der Waals surface area contributed by atoms with Gasteiger partial charge in [-0.05, 0) is 25.5 Å². The molecule has 0 unspecified atom stereocenters. The maximum absolute atomic E-state index is 13.4. The summed E-state index contributed by atoms with van der Waals surface area (Å²) in [5.74, 6) is -1.28. The summed E-state index contributed by atoms with van der Waals surface area (Å²) in [5, 5.41) is 0. The van der Waals surface area contributed by atoms with E-state index in [9.17, 15) is 22.8 Å². The number of anilines is 1. The summed E-state index contributed by atoms with van der Waals surface area (Å²) < 4.78 is 45.4. The van der Waals surface area contributed by atoms with Crippen LogP contribution in [0.4, 0.5) is 18.9 Å². The number of hydrogen-bond acceptors (Lipinski definition) is 3. The number of benzene rings is 2. The number of methoxy groups -OCH3 is 1. The highest BCUT2D eigenvalue weighted by Gasteiger charge is 2.58. The number of para-hydroxylation sites is 2. The van der Waals surface area contributed by atoms with E-state index in [2.05, 4.69) is 0 Å². The summed E-state index contributed by atoms with van der Waals surface area (Å²) in [7, 11) is 1.42. The van der Waals surface area contributed by atoms with Crippen LogP contribution in [0.2, 0.25) is 0 Å². The van der Waals surface area contributed by atoms with Crippen molar-refractivity contribution >= 4 is 17.4 Å². The van der Waals surface area contributed by atoms with Crippen LogP contribution in [0.1, 0.15) is 28.8 Å². The van der Waals surface area contributed by atoms with Gasteiger partial charge in [0, 0.05) is 12.1 Å². The third kappa shape index (κ3) is 3.61. The topological polar surface area (TPSA) is 46.6 Å². The van der Waals surface area contributed by atoms with Gasteiger partial charge in [0.05, 0.1) is 19.2 Å². The van der Waals surface area contributed by atoms with Crippen molar-refractivity contribution in [2.24, 2.45) is 5.41 Å². The zero-order valence-electron chi connectivity index (χ0n) is 15.5. The molecule has 1 saturated heterocycles. The molecule has 28 heavy (non-hydrogen) atoms. The third-order valence-corrected chi connectivity index (χ3v) is 5.04. The van der Waals surface area contributed by atoms with Gasteiger partial charge in [-0.3, -0.25) is 9.59 Å². The molecule has 3 rings (SSSR count). The van der Waals surface area contributed by atoms with E-state index in [1.165, 1.54) is 24.1 Å². The zero-order chi connectivity index (χ0) is 20.5. The first kappa shape index (κ1) is 19.9. The van der Waals surface area contributed by atoms with Crippen molar-refractivity contribution in [3.63, 3.8) is 0 Å². The summed E-state index contributed by atoms with van der Waals surface area (Å²) >= 11 is 0. The Morgan fingerprint density at radius 2 is 1.79 bits per heavy atom. The molecule has 0 bridgehead atoms. The van der Waals surface area contributed by atoms with Crippen molar-refractivity contribution in [2.75, 3.05) is 18.6 Å². The van der Waals surface area contributed by atoms with Gasteiger partial charge in [-0.2, -0.15) is 13.2 Å². The number of nitrogens with zero attached hydrogens (tertiary/aromatic N) is 1. The molecule has 2 aromatic carbocycles. The SMILES string of the molecule is COc1ccccc1N1CC[C@@](CC(F)(F)F)(C(=O)c2ccc(C)cc2)C1=O. The molecule has 1 aliphatic rings. The maximum Gasteiger partial charge on any atom is 0.390 e. The van der Waals surface area contributed by atoms with Gasteiger partial charge < -0.3 is 9.64 Å². The van der Waals surface area contributed by atoms with Gasteiger partial charge in [-0.15, -0.1) is 0 Å². The predicted octanol–water partition coefficient (Wildman–Crippen LogP) is 4.56. The largest absolute Gasteiger partial charge is 0.495 e. The number of carbonyl (C=O) groups is 2. The molecular formula is C21H20F3NO3. The summed E-state index contributed by atoms with van der Waals surface area (Å²) in [5.41, 5.74) is -0.843. The zero-order valence-corrected chi connectivity index (χ0v) is 15.5. The maximum atomic E-state index is 13.4. The van der Waals surface area contributed by atoms with Crippen LogP contribution in [0.25, 0.3) is 0 Å². The fourth-order valence-electron chi connectivity index (χ4n) is 3.63. The van der Waals surface area contributed by atoms with Crippen LogP contribution in [-0.2, 0) is 4.79 Å². The summed E-state index contributed by atoms with van der Waals surface area (Å²) in [6.07, 6.45) is -6.36. The fraction of sp³-hybridized carbons (Fsp3) is 0.333. The molecule has 2 aromatic rings. The smallest absolute Gasteiger partial charge is 0.390 e. The molecule has 1 amide bonds. The minimum Gasteiger partial charge on any atom is -0.495 e. The van der Waals surface area contributed by atoms with Crippen LogP contribution in [0, 0.1) is 12.3 Å². The summed E-state index contributed by atoms with van der Waals surface area (Å²) in [4.78, 5) is 27.5. The average molecular weight is 391 g/mol. The van der Waals surface area contributed by atoms with Crippen LogP contribution in [0.3, 0.4) is 0 Å². The molecule has 1 aliphatic heterocycles. The second-order valence-corrected chi connectivity index (χ2v) is 6.95. The molecule has 0 spiro atoms. The fourth-order valence-corrected chi connectivity index (χ4v) is 3.63. The number of ether oxygens (including phenoxy) is 1. The van der Waals surface area contributed by atoms with Gasteiger partial charge in [0.1, 0.15) is 11.2 Å². The molecule has 0 aromatic heterocycles. The minimum atomic E-state index is -4.66. The second kappa shape index (κ2) is 7.30. The highest BCUT2D eigenvalue weighted by Crippen LogP contribution is 2.46.